The number of nitrogens with zero attached hydrogens (tertiary/aromatic N) is 1. The molecule has 84 valence electrons. The quantitative estimate of drug-likeness (QED) is 0.454. The maximum absolute atomic E-state index is 12.6. The van der Waals surface area contributed by atoms with Crippen molar-refractivity contribution in [1.29, 1.82) is 0 Å². The Morgan fingerprint density at radius 2 is 1.93 bits per heavy atom. The van der Waals surface area contributed by atoms with Crippen LogP contribution in [0.4, 0.5) is 10.1 Å². The van der Waals surface area contributed by atoms with Gasteiger partial charge in [0.1, 0.15) is 5.82 Å². The lowest BCUT2D eigenvalue weighted by molar-refractivity contribution is 0.503. The van der Waals surface area contributed by atoms with E-state index in [-0.39, 0.29) is 5.82 Å². The molecule has 0 fully saturated rings. The predicted octanol–water partition coefficient (Wildman–Crippen LogP) is 3.80. The van der Waals surface area contributed by atoms with Crippen LogP contribution in [0.5, 0.6) is 0 Å². The summed E-state index contributed by atoms with van der Waals surface area (Å²) in [6, 6.07) is 6.12. The summed E-state index contributed by atoms with van der Waals surface area (Å²) in [5.41, 5.74) is 3.75. The Morgan fingerprint density at radius 1 is 1.27 bits per heavy atom. The lowest BCUT2D eigenvalue weighted by Gasteiger charge is -2.15. The minimum Gasteiger partial charge on any atom is -0.305 e. The molecule has 4 heteroatoms. The van der Waals surface area contributed by atoms with Crippen molar-refractivity contribution in [2.24, 2.45) is 0 Å². The van der Waals surface area contributed by atoms with Crippen LogP contribution in [0, 0.1) is 5.82 Å². The number of hydrogen-bond acceptors (Lipinski definition) is 2. The Hall–Kier alpha value is -0.800. The predicted molar refractivity (Wildman–Crippen MR) is 62.1 cm³/mol. The first-order chi connectivity index (χ1) is 7.22. The third kappa shape index (κ3) is 5.00. The molecule has 1 aromatic rings. The van der Waals surface area contributed by atoms with Gasteiger partial charge in [0.25, 0.3) is 0 Å². The largest absolute Gasteiger partial charge is 0.305 e. The summed E-state index contributed by atoms with van der Waals surface area (Å²) in [7, 11) is 0. The molecule has 15 heavy (non-hydrogen) atoms. The monoisotopic (exact) mass is 230 g/mol. The fourth-order valence-corrected chi connectivity index (χ4v) is 1.44. The van der Waals surface area contributed by atoms with Gasteiger partial charge in [-0.3, -0.25) is 0 Å². The number of hydrogen-bond donors (Lipinski definition) is 1. The molecule has 0 amide bonds. The van der Waals surface area contributed by atoms with E-state index in [1.54, 1.807) is 12.1 Å². The highest BCUT2D eigenvalue weighted by atomic mass is 35.5. The standard InChI is InChI=1S/C11H16ClFN2/c1-2-3-4-9-15(12)14-11-7-5-10(13)6-8-11/h5-8,14H,2-4,9H2,1H3. The highest BCUT2D eigenvalue weighted by Crippen LogP contribution is 2.11. The molecule has 0 radical (unpaired) electrons. The van der Waals surface area contributed by atoms with Gasteiger partial charge in [-0.1, -0.05) is 19.8 Å². The van der Waals surface area contributed by atoms with Gasteiger partial charge in [0, 0.05) is 6.54 Å². The Morgan fingerprint density at radius 3 is 2.53 bits per heavy atom. The molecular formula is C11H16ClFN2. The van der Waals surface area contributed by atoms with Crippen LogP contribution in [0.2, 0.25) is 0 Å². The zero-order valence-electron chi connectivity index (χ0n) is 8.84. The fraction of sp³-hybridized carbons (Fsp3) is 0.455. The number of nitrogens with one attached hydrogen (secondary N) is 1. The zero-order chi connectivity index (χ0) is 11.1. The second kappa shape index (κ2) is 6.64. The Labute approximate surface area is 95.1 Å². The maximum atomic E-state index is 12.6. The summed E-state index contributed by atoms with van der Waals surface area (Å²) in [4.78, 5) is 0. The molecule has 0 saturated heterocycles. The van der Waals surface area contributed by atoms with E-state index in [4.69, 9.17) is 11.8 Å². The van der Waals surface area contributed by atoms with E-state index in [1.807, 2.05) is 0 Å². The van der Waals surface area contributed by atoms with E-state index in [2.05, 4.69) is 12.3 Å². The molecule has 0 bridgehead atoms. The molecule has 0 aliphatic rings. The summed E-state index contributed by atoms with van der Waals surface area (Å²) in [6.45, 7) is 2.92. The second-order valence-electron chi connectivity index (χ2n) is 3.41. The molecule has 0 unspecified atom stereocenters. The van der Waals surface area contributed by atoms with Crippen molar-refractivity contribution in [3.63, 3.8) is 0 Å². The third-order valence-electron chi connectivity index (χ3n) is 2.05. The third-order valence-corrected chi connectivity index (χ3v) is 2.31. The Kier molecular flexibility index (Phi) is 5.43. The van der Waals surface area contributed by atoms with Crippen LogP contribution in [-0.2, 0) is 0 Å². The highest BCUT2D eigenvalue weighted by molar-refractivity contribution is 6.13. The van der Waals surface area contributed by atoms with Crippen LogP contribution in [0.15, 0.2) is 24.3 Å². The summed E-state index contributed by atoms with van der Waals surface area (Å²) in [5.74, 6) is -0.243. The van der Waals surface area contributed by atoms with Crippen molar-refractivity contribution in [3.8, 4) is 0 Å². The van der Waals surface area contributed by atoms with Gasteiger partial charge in [0.05, 0.1) is 5.69 Å². The smallest absolute Gasteiger partial charge is 0.123 e. The summed E-state index contributed by atoms with van der Waals surface area (Å²) < 4.78 is 14.1. The number of benzene rings is 1. The van der Waals surface area contributed by atoms with Crippen LogP contribution < -0.4 is 5.43 Å². The van der Waals surface area contributed by atoms with Crippen molar-refractivity contribution in [3.05, 3.63) is 30.1 Å². The first-order valence-corrected chi connectivity index (χ1v) is 5.51. The molecule has 1 aromatic carbocycles. The molecule has 0 aliphatic carbocycles. The molecule has 0 spiro atoms. The van der Waals surface area contributed by atoms with Crippen molar-refractivity contribution >= 4 is 17.5 Å². The fourth-order valence-electron chi connectivity index (χ4n) is 1.22. The molecule has 1 rings (SSSR count). The molecule has 0 atom stereocenters. The zero-order valence-corrected chi connectivity index (χ0v) is 9.60. The van der Waals surface area contributed by atoms with E-state index in [0.29, 0.717) is 0 Å². The van der Waals surface area contributed by atoms with Gasteiger partial charge >= 0.3 is 0 Å². The maximum Gasteiger partial charge on any atom is 0.123 e. The van der Waals surface area contributed by atoms with Crippen molar-refractivity contribution in [2.45, 2.75) is 26.2 Å². The van der Waals surface area contributed by atoms with Crippen molar-refractivity contribution in [2.75, 3.05) is 12.0 Å². The Bertz CT molecular complexity index is 276. The molecule has 0 saturated carbocycles. The van der Waals surface area contributed by atoms with Crippen LogP contribution in [0.25, 0.3) is 0 Å². The van der Waals surface area contributed by atoms with Crippen LogP contribution in [-0.4, -0.2) is 11.1 Å². The second-order valence-corrected chi connectivity index (χ2v) is 3.82. The molecule has 1 N–H and O–H groups in total. The average Bonchev–Trinajstić information content (AvgIpc) is 2.22. The lowest BCUT2D eigenvalue weighted by Crippen LogP contribution is -2.20. The van der Waals surface area contributed by atoms with Gasteiger partial charge in [-0.25, -0.2) is 4.39 Å². The summed E-state index contributed by atoms with van der Waals surface area (Å²) in [5, 5.41) is 0. The van der Waals surface area contributed by atoms with E-state index in [1.165, 1.54) is 23.1 Å². The first-order valence-electron chi connectivity index (χ1n) is 5.18. The summed E-state index contributed by atoms with van der Waals surface area (Å²) in [6.07, 6.45) is 3.38. The first kappa shape index (κ1) is 12.3. The van der Waals surface area contributed by atoms with Crippen LogP contribution >= 0.6 is 11.8 Å². The molecule has 0 heterocycles. The molecule has 0 aliphatic heterocycles. The topological polar surface area (TPSA) is 15.3 Å². The minimum atomic E-state index is -0.243. The van der Waals surface area contributed by atoms with Crippen molar-refractivity contribution in [1.82, 2.24) is 4.53 Å². The highest BCUT2D eigenvalue weighted by Gasteiger charge is 2.00. The number of rotatable bonds is 6. The van der Waals surface area contributed by atoms with Crippen LogP contribution in [0.1, 0.15) is 26.2 Å². The number of anilines is 1. The van der Waals surface area contributed by atoms with Gasteiger partial charge < -0.3 is 5.43 Å². The van der Waals surface area contributed by atoms with Crippen LogP contribution in [0.3, 0.4) is 0 Å². The number of halogens is 2. The van der Waals surface area contributed by atoms with E-state index < -0.39 is 0 Å². The van der Waals surface area contributed by atoms with Gasteiger partial charge in [-0.05, 0) is 42.5 Å². The van der Waals surface area contributed by atoms with Gasteiger partial charge in [-0.2, -0.15) is 0 Å². The lowest BCUT2D eigenvalue weighted by atomic mass is 10.2. The van der Waals surface area contributed by atoms with Crippen molar-refractivity contribution < 1.29 is 4.39 Å². The molecular weight excluding hydrogens is 215 g/mol. The Balaban J connectivity index is 2.31. The minimum absolute atomic E-state index is 0.243. The SMILES string of the molecule is CCCCCN(Cl)Nc1ccc(F)cc1. The molecule has 0 aromatic heterocycles. The summed E-state index contributed by atoms with van der Waals surface area (Å²) >= 11 is 5.92. The average molecular weight is 231 g/mol. The van der Waals surface area contributed by atoms with Gasteiger partial charge in [0.15, 0.2) is 0 Å². The normalized spacial score (nSPS) is 10.7. The van der Waals surface area contributed by atoms with E-state index in [0.717, 1.165) is 25.1 Å². The van der Waals surface area contributed by atoms with E-state index >= 15 is 0 Å². The number of hydrazine groups is 1. The molecule has 2 nitrogen and oxygen atoms in total. The number of unbranched alkanes of at least 4 members (excludes halogenated alkanes) is 2. The van der Waals surface area contributed by atoms with Gasteiger partial charge in [-0.15, -0.1) is 4.53 Å². The van der Waals surface area contributed by atoms with E-state index in [9.17, 15) is 4.39 Å². The van der Waals surface area contributed by atoms with Gasteiger partial charge in [0.2, 0.25) is 0 Å².